The topological polar surface area (TPSA) is 29.5 Å². The predicted molar refractivity (Wildman–Crippen MR) is 93.0 cm³/mol. The molecule has 0 saturated heterocycles. The molecule has 3 aliphatic rings. The molecule has 4 rings (SSSR count). The van der Waals surface area contributed by atoms with Crippen molar-refractivity contribution in [1.82, 2.24) is 0 Å². The van der Waals surface area contributed by atoms with Crippen LogP contribution in [0.4, 0.5) is 0 Å². The molecule has 0 aromatic heterocycles. The Morgan fingerprint density at radius 1 is 1.13 bits per heavy atom. The summed E-state index contributed by atoms with van der Waals surface area (Å²) < 4.78 is 5.48. The normalized spacial score (nSPS) is 41.9. The van der Waals surface area contributed by atoms with Crippen molar-refractivity contribution in [3.8, 4) is 5.75 Å². The van der Waals surface area contributed by atoms with Crippen molar-refractivity contribution in [2.75, 3.05) is 7.11 Å². The second kappa shape index (κ2) is 4.99. The summed E-state index contributed by atoms with van der Waals surface area (Å²) in [6.07, 6.45) is 7.02. The minimum Gasteiger partial charge on any atom is -0.497 e. The van der Waals surface area contributed by atoms with E-state index in [4.69, 9.17) is 4.74 Å². The summed E-state index contributed by atoms with van der Waals surface area (Å²) in [5.41, 5.74) is 4.17. The Balaban J connectivity index is 1.73. The first-order valence-corrected chi connectivity index (χ1v) is 9.27. The third kappa shape index (κ3) is 2.03. The molecule has 0 radical (unpaired) electrons. The van der Waals surface area contributed by atoms with Gasteiger partial charge in [0.2, 0.25) is 0 Å². The SMILES string of the molecule is COc1cc(C)c2c(c1)CC[C@@H]1[C@@H]2CC[C@@]2(C)[C@H]1CC[C@]2(C)O. The molecule has 5 atom stereocenters. The van der Waals surface area contributed by atoms with Crippen molar-refractivity contribution in [1.29, 1.82) is 0 Å². The van der Waals surface area contributed by atoms with Gasteiger partial charge in [-0.25, -0.2) is 0 Å². The molecule has 0 unspecified atom stereocenters. The summed E-state index contributed by atoms with van der Waals surface area (Å²) >= 11 is 0. The largest absolute Gasteiger partial charge is 0.497 e. The van der Waals surface area contributed by atoms with E-state index in [0.717, 1.165) is 24.5 Å². The first-order valence-electron chi connectivity index (χ1n) is 9.27. The summed E-state index contributed by atoms with van der Waals surface area (Å²) in [4.78, 5) is 0. The fourth-order valence-electron chi connectivity index (χ4n) is 6.30. The molecular weight excluding hydrogens is 284 g/mol. The van der Waals surface area contributed by atoms with E-state index < -0.39 is 5.60 Å². The number of aliphatic hydroxyl groups is 1. The maximum absolute atomic E-state index is 10.9. The van der Waals surface area contributed by atoms with Crippen molar-refractivity contribution in [2.45, 2.75) is 70.8 Å². The number of benzene rings is 1. The molecule has 2 nitrogen and oxygen atoms in total. The highest BCUT2D eigenvalue weighted by Gasteiger charge is 2.59. The third-order valence-corrected chi connectivity index (χ3v) is 7.80. The van der Waals surface area contributed by atoms with Crippen LogP contribution in [0.1, 0.15) is 68.6 Å². The summed E-state index contributed by atoms with van der Waals surface area (Å²) in [6.45, 7) is 6.69. The van der Waals surface area contributed by atoms with Gasteiger partial charge in [0, 0.05) is 0 Å². The zero-order chi connectivity index (χ0) is 16.4. The summed E-state index contributed by atoms with van der Waals surface area (Å²) in [5, 5.41) is 10.9. The maximum atomic E-state index is 10.9. The van der Waals surface area contributed by atoms with Crippen LogP contribution in [-0.2, 0) is 6.42 Å². The van der Waals surface area contributed by atoms with Crippen LogP contribution in [0.3, 0.4) is 0 Å². The molecule has 2 fully saturated rings. The number of methoxy groups -OCH3 is 1. The molecule has 0 spiro atoms. The van der Waals surface area contributed by atoms with E-state index in [1.165, 1.54) is 36.8 Å². The Kier molecular flexibility index (Phi) is 3.36. The number of aryl methyl sites for hydroxylation is 2. The molecule has 1 aromatic rings. The zero-order valence-corrected chi connectivity index (χ0v) is 15.0. The zero-order valence-electron chi connectivity index (χ0n) is 15.0. The van der Waals surface area contributed by atoms with Crippen LogP contribution >= 0.6 is 0 Å². The van der Waals surface area contributed by atoms with Gasteiger partial charge in [0.1, 0.15) is 5.75 Å². The fourth-order valence-corrected chi connectivity index (χ4v) is 6.30. The highest BCUT2D eigenvalue weighted by molar-refractivity contribution is 5.46. The lowest BCUT2D eigenvalue weighted by molar-refractivity contribution is -0.0902. The molecule has 2 saturated carbocycles. The molecule has 126 valence electrons. The van der Waals surface area contributed by atoms with Crippen LogP contribution in [0.25, 0.3) is 0 Å². The van der Waals surface area contributed by atoms with Gasteiger partial charge in [-0.15, -0.1) is 0 Å². The number of fused-ring (bicyclic) bond motifs is 5. The molecule has 0 amide bonds. The average molecular weight is 314 g/mol. The molecular formula is C21H30O2. The quantitative estimate of drug-likeness (QED) is 0.820. The molecule has 0 bridgehead atoms. The summed E-state index contributed by atoms with van der Waals surface area (Å²) in [5.74, 6) is 3.13. The number of hydrogen-bond acceptors (Lipinski definition) is 2. The molecule has 1 aromatic carbocycles. The van der Waals surface area contributed by atoms with E-state index in [-0.39, 0.29) is 5.41 Å². The number of hydrogen-bond donors (Lipinski definition) is 1. The Hall–Kier alpha value is -1.02. The van der Waals surface area contributed by atoms with Crippen LogP contribution in [0.5, 0.6) is 5.75 Å². The van der Waals surface area contributed by atoms with Gasteiger partial charge in [-0.2, -0.15) is 0 Å². The average Bonchev–Trinajstić information content (AvgIpc) is 2.76. The fraction of sp³-hybridized carbons (Fsp3) is 0.714. The molecule has 1 N–H and O–H groups in total. The van der Waals surface area contributed by atoms with Crippen LogP contribution in [0.15, 0.2) is 12.1 Å². The van der Waals surface area contributed by atoms with Crippen molar-refractivity contribution in [3.63, 3.8) is 0 Å². The van der Waals surface area contributed by atoms with Gasteiger partial charge in [0.15, 0.2) is 0 Å². The van der Waals surface area contributed by atoms with E-state index in [2.05, 4.69) is 32.9 Å². The first kappa shape index (κ1) is 15.5. The van der Waals surface area contributed by atoms with E-state index >= 15 is 0 Å². The smallest absolute Gasteiger partial charge is 0.119 e. The number of rotatable bonds is 1. The predicted octanol–water partition coefficient (Wildman–Crippen LogP) is 4.61. The number of ether oxygens (including phenoxy) is 1. The van der Waals surface area contributed by atoms with Gasteiger partial charge < -0.3 is 9.84 Å². The Bertz CT molecular complexity index is 633. The van der Waals surface area contributed by atoms with Crippen molar-refractivity contribution in [3.05, 3.63) is 28.8 Å². The second-order valence-corrected chi connectivity index (χ2v) is 8.70. The minimum atomic E-state index is -0.474. The highest BCUT2D eigenvalue weighted by atomic mass is 16.5. The standard InChI is InChI=1S/C21H30O2/c1-13-11-15(23-4)12-14-5-6-16-17(19(13)14)7-9-20(2)18(16)8-10-21(20,3)22/h11-12,16-18,22H,5-10H2,1-4H3/t16-,17+,18+,20+,21+/m1/s1. The molecule has 0 heterocycles. The lowest BCUT2D eigenvalue weighted by Gasteiger charge is -2.53. The van der Waals surface area contributed by atoms with Gasteiger partial charge in [0.25, 0.3) is 0 Å². The van der Waals surface area contributed by atoms with Crippen LogP contribution in [0.2, 0.25) is 0 Å². The van der Waals surface area contributed by atoms with E-state index in [1.54, 1.807) is 12.7 Å². The molecule has 3 aliphatic carbocycles. The van der Waals surface area contributed by atoms with Gasteiger partial charge in [-0.3, -0.25) is 0 Å². The van der Waals surface area contributed by atoms with Gasteiger partial charge in [-0.05, 0) is 104 Å². The highest BCUT2D eigenvalue weighted by Crippen LogP contribution is 2.64. The van der Waals surface area contributed by atoms with Crippen LogP contribution in [-0.4, -0.2) is 17.8 Å². The van der Waals surface area contributed by atoms with Gasteiger partial charge in [0.05, 0.1) is 12.7 Å². The van der Waals surface area contributed by atoms with E-state index in [9.17, 15) is 5.11 Å². The van der Waals surface area contributed by atoms with Gasteiger partial charge in [-0.1, -0.05) is 6.92 Å². The Labute approximate surface area is 140 Å². The van der Waals surface area contributed by atoms with E-state index in [1.807, 2.05) is 0 Å². The van der Waals surface area contributed by atoms with Crippen molar-refractivity contribution >= 4 is 0 Å². The lowest BCUT2D eigenvalue weighted by Crippen LogP contribution is -2.49. The van der Waals surface area contributed by atoms with Crippen LogP contribution < -0.4 is 4.74 Å². The summed E-state index contributed by atoms with van der Waals surface area (Å²) in [7, 11) is 1.76. The minimum absolute atomic E-state index is 0.117. The maximum Gasteiger partial charge on any atom is 0.119 e. The molecule has 23 heavy (non-hydrogen) atoms. The van der Waals surface area contributed by atoms with Crippen molar-refractivity contribution in [2.24, 2.45) is 17.3 Å². The summed E-state index contributed by atoms with van der Waals surface area (Å²) in [6, 6.07) is 4.47. The first-order chi connectivity index (χ1) is 10.9. The third-order valence-electron chi connectivity index (χ3n) is 7.80. The van der Waals surface area contributed by atoms with Crippen molar-refractivity contribution < 1.29 is 9.84 Å². The monoisotopic (exact) mass is 314 g/mol. The Morgan fingerprint density at radius 2 is 1.91 bits per heavy atom. The molecule has 0 aliphatic heterocycles. The van der Waals surface area contributed by atoms with Crippen LogP contribution in [0, 0.1) is 24.2 Å². The van der Waals surface area contributed by atoms with E-state index in [0.29, 0.717) is 11.8 Å². The lowest BCUT2D eigenvalue weighted by atomic mass is 9.53. The Morgan fingerprint density at radius 3 is 2.65 bits per heavy atom. The van der Waals surface area contributed by atoms with Gasteiger partial charge >= 0.3 is 0 Å². The molecule has 2 heteroatoms. The second-order valence-electron chi connectivity index (χ2n) is 8.70.